The Morgan fingerprint density at radius 2 is 1.48 bits per heavy atom. The topological polar surface area (TPSA) is 4.93 Å². The van der Waals surface area contributed by atoms with Crippen LogP contribution in [-0.2, 0) is 0 Å². The molecule has 106 valence electrons. The van der Waals surface area contributed by atoms with E-state index >= 15 is 0 Å². The van der Waals surface area contributed by atoms with Crippen molar-refractivity contribution in [1.82, 2.24) is 4.57 Å². The quantitative estimate of drug-likeness (QED) is 0.514. The fourth-order valence-electron chi connectivity index (χ4n) is 2.90. The minimum absolute atomic E-state index is 1.01. The summed E-state index contributed by atoms with van der Waals surface area (Å²) in [5.41, 5.74) is 3.91. The molecule has 0 aliphatic rings. The maximum atomic E-state index is 2.39. The van der Waals surface area contributed by atoms with E-state index < -0.39 is 0 Å². The second-order valence-electron chi connectivity index (χ2n) is 5.22. The zero-order valence-electron chi connectivity index (χ0n) is 12.7. The predicted octanol–water partition coefficient (Wildman–Crippen LogP) is 6.01. The van der Waals surface area contributed by atoms with E-state index in [1.54, 1.807) is 0 Å². The Bertz CT molecular complexity index is 765. The standard InChI is InChI=1S/C20H21N/c1-3-5-6-11-16(4-2)21-19-14-9-7-12-17(19)18-13-8-10-15-20(18)21/h5-15H,3-4H2,1-2H3/b6-5-,16-11+. The smallest absolute Gasteiger partial charge is 0.0537 e. The van der Waals surface area contributed by atoms with Crippen molar-refractivity contribution in [1.29, 1.82) is 0 Å². The lowest BCUT2D eigenvalue weighted by Crippen LogP contribution is -1.95. The summed E-state index contributed by atoms with van der Waals surface area (Å²) in [5.74, 6) is 0. The number of aromatic nitrogens is 1. The lowest BCUT2D eigenvalue weighted by atomic mass is 10.2. The number of hydrogen-bond acceptors (Lipinski definition) is 0. The molecule has 0 saturated heterocycles. The van der Waals surface area contributed by atoms with E-state index in [2.05, 4.69) is 85.2 Å². The maximum absolute atomic E-state index is 2.39. The number of hydrogen-bond donors (Lipinski definition) is 0. The van der Waals surface area contributed by atoms with Crippen molar-refractivity contribution in [2.45, 2.75) is 26.7 Å². The van der Waals surface area contributed by atoms with Crippen molar-refractivity contribution in [3.05, 3.63) is 66.8 Å². The molecule has 0 unspecified atom stereocenters. The van der Waals surface area contributed by atoms with E-state index in [1.807, 2.05) is 0 Å². The van der Waals surface area contributed by atoms with Gasteiger partial charge in [-0.1, -0.05) is 62.4 Å². The number of benzene rings is 2. The molecule has 0 spiro atoms. The molecule has 2 aromatic carbocycles. The van der Waals surface area contributed by atoms with Crippen molar-refractivity contribution in [2.75, 3.05) is 0 Å². The largest absolute Gasteiger partial charge is 0.313 e. The molecule has 0 amide bonds. The predicted molar refractivity (Wildman–Crippen MR) is 93.4 cm³/mol. The van der Waals surface area contributed by atoms with Crippen molar-refractivity contribution in [3.8, 4) is 0 Å². The first kappa shape index (κ1) is 13.7. The molecule has 0 fully saturated rings. The second-order valence-corrected chi connectivity index (χ2v) is 5.22. The Morgan fingerprint density at radius 3 is 2.00 bits per heavy atom. The van der Waals surface area contributed by atoms with E-state index in [1.165, 1.54) is 27.5 Å². The fourth-order valence-corrected chi connectivity index (χ4v) is 2.90. The summed E-state index contributed by atoms with van der Waals surface area (Å²) in [6.45, 7) is 4.38. The molecule has 0 atom stereocenters. The fraction of sp³-hybridized carbons (Fsp3) is 0.200. The molecule has 3 aromatic rings. The normalized spacial score (nSPS) is 12.8. The van der Waals surface area contributed by atoms with Crippen molar-refractivity contribution in [2.24, 2.45) is 0 Å². The van der Waals surface area contributed by atoms with Gasteiger partial charge in [0.2, 0.25) is 0 Å². The zero-order chi connectivity index (χ0) is 14.7. The van der Waals surface area contributed by atoms with E-state index in [9.17, 15) is 0 Å². The van der Waals surface area contributed by atoms with Crippen LogP contribution in [0.25, 0.3) is 27.5 Å². The molecule has 0 radical (unpaired) electrons. The SMILES string of the molecule is CC/C=C\C=C(/CC)n1c2ccccc2c2ccccc21. The first-order chi connectivity index (χ1) is 10.4. The highest BCUT2D eigenvalue weighted by molar-refractivity contribution is 6.09. The Kier molecular flexibility index (Phi) is 3.92. The molecule has 21 heavy (non-hydrogen) atoms. The molecule has 0 saturated carbocycles. The van der Waals surface area contributed by atoms with Crippen molar-refractivity contribution >= 4 is 27.5 Å². The van der Waals surface area contributed by atoms with Gasteiger partial charge in [0.1, 0.15) is 0 Å². The van der Waals surface area contributed by atoms with Crippen LogP contribution in [0, 0.1) is 0 Å². The van der Waals surface area contributed by atoms with Crippen LogP contribution in [0.5, 0.6) is 0 Å². The Hall–Kier alpha value is -2.28. The van der Waals surface area contributed by atoms with Crippen LogP contribution < -0.4 is 0 Å². The van der Waals surface area contributed by atoms with Crippen molar-refractivity contribution in [3.63, 3.8) is 0 Å². The molecule has 1 aromatic heterocycles. The van der Waals surface area contributed by atoms with Crippen LogP contribution in [0.3, 0.4) is 0 Å². The molecule has 3 rings (SSSR count). The van der Waals surface area contributed by atoms with Crippen LogP contribution in [0.15, 0.2) is 66.8 Å². The third-order valence-corrected chi connectivity index (χ3v) is 3.89. The Labute approximate surface area is 126 Å². The second kappa shape index (κ2) is 6.01. The minimum Gasteiger partial charge on any atom is -0.313 e. The lowest BCUT2D eigenvalue weighted by Gasteiger charge is -2.10. The minimum atomic E-state index is 1.01. The van der Waals surface area contributed by atoms with Gasteiger partial charge in [0.05, 0.1) is 11.0 Å². The monoisotopic (exact) mass is 275 g/mol. The maximum Gasteiger partial charge on any atom is 0.0537 e. The van der Waals surface area contributed by atoms with E-state index in [4.69, 9.17) is 0 Å². The van der Waals surface area contributed by atoms with Gasteiger partial charge in [-0.15, -0.1) is 0 Å². The summed E-state index contributed by atoms with van der Waals surface area (Å²) in [6, 6.07) is 17.3. The van der Waals surface area contributed by atoms with Crippen LogP contribution in [0.2, 0.25) is 0 Å². The van der Waals surface area contributed by atoms with Crippen LogP contribution in [-0.4, -0.2) is 4.57 Å². The third kappa shape index (κ3) is 2.40. The first-order valence-corrected chi connectivity index (χ1v) is 7.71. The molecule has 0 aliphatic heterocycles. The summed E-state index contributed by atoms with van der Waals surface area (Å²) in [5, 5.41) is 2.65. The summed E-state index contributed by atoms with van der Waals surface area (Å²) in [7, 11) is 0. The number of para-hydroxylation sites is 2. The summed E-state index contributed by atoms with van der Waals surface area (Å²) in [4.78, 5) is 0. The summed E-state index contributed by atoms with van der Waals surface area (Å²) >= 11 is 0. The highest BCUT2D eigenvalue weighted by atomic mass is 15.0. The number of allylic oxidation sites excluding steroid dienone is 4. The molecule has 0 bridgehead atoms. The molecule has 1 heterocycles. The highest BCUT2D eigenvalue weighted by Gasteiger charge is 2.11. The average Bonchev–Trinajstić information content (AvgIpc) is 2.87. The van der Waals surface area contributed by atoms with Gasteiger partial charge in [-0.2, -0.15) is 0 Å². The molecule has 1 nitrogen and oxygen atoms in total. The van der Waals surface area contributed by atoms with Gasteiger partial charge in [0.25, 0.3) is 0 Å². The lowest BCUT2D eigenvalue weighted by molar-refractivity contribution is 1.08. The van der Waals surface area contributed by atoms with Crippen LogP contribution in [0.4, 0.5) is 0 Å². The van der Waals surface area contributed by atoms with Crippen LogP contribution >= 0.6 is 0 Å². The van der Waals surface area contributed by atoms with Gasteiger partial charge >= 0.3 is 0 Å². The molecular weight excluding hydrogens is 254 g/mol. The zero-order valence-corrected chi connectivity index (χ0v) is 12.7. The van der Waals surface area contributed by atoms with E-state index in [-0.39, 0.29) is 0 Å². The van der Waals surface area contributed by atoms with E-state index in [0.29, 0.717) is 0 Å². The van der Waals surface area contributed by atoms with Gasteiger partial charge in [0, 0.05) is 16.5 Å². The number of nitrogens with zero attached hydrogens (tertiary/aromatic N) is 1. The number of rotatable bonds is 4. The first-order valence-electron chi connectivity index (χ1n) is 7.71. The van der Waals surface area contributed by atoms with Crippen molar-refractivity contribution < 1.29 is 0 Å². The van der Waals surface area contributed by atoms with Gasteiger partial charge in [0.15, 0.2) is 0 Å². The summed E-state index contributed by atoms with van der Waals surface area (Å²) < 4.78 is 2.39. The van der Waals surface area contributed by atoms with Crippen LogP contribution in [0.1, 0.15) is 26.7 Å². The summed E-state index contributed by atoms with van der Waals surface area (Å²) in [6.07, 6.45) is 8.69. The molecule has 0 aliphatic carbocycles. The van der Waals surface area contributed by atoms with Gasteiger partial charge < -0.3 is 4.57 Å². The third-order valence-electron chi connectivity index (χ3n) is 3.89. The van der Waals surface area contributed by atoms with Gasteiger partial charge in [-0.25, -0.2) is 0 Å². The van der Waals surface area contributed by atoms with Gasteiger partial charge in [-0.3, -0.25) is 0 Å². The van der Waals surface area contributed by atoms with E-state index in [0.717, 1.165) is 12.8 Å². The Balaban J connectivity index is 2.33. The average molecular weight is 275 g/mol. The highest BCUT2D eigenvalue weighted by Crippen LogP contribution is 2.32. The molecule has 0 N–H and O–H groups in total. The molecule has 1 heteroatoms. The Morgan fingerprint density at radius 1 is 0.905 bits per heavy atom. The molecular formula is C20H21N. The van der Waals surface area contributed by atoms with Gasteiger partial charge in [-0.05, 0) is 31.1 Å². The number of fused-ring (bicyclic) bond motifs is 3.